The number of hydrogen-bond acceptors (Lipinski definition) is 5. The Bertz CT molecular complexity index is 866. The molecule has 1 aromatic heterocycles. The summed E-state index contributed by atoms with van der Waals surface area (Å²) in [6.07, 6.45) is 4.03. The fraction of sp³-hybridized carbons (Fsp3) is 0.278. The van der Waals surface area contributed by atoms with Crippen LogP contribution in [0.2, 0.25) is 0 Å². The highest BCUT2D eigenvalue weighted by Crippen LogP contribution is 2.20. The van der Waals surface area contributed by atoms with Gasteiger partial charge in [-0.2, -0.15) is 5.26 Å². The van der Waals surface area contributed by atoms with Crippen molar-refractivity contribution in [1.29, 1.82) is 5.26 Å². The third kappa shape index (κ3) is 3.95. The van der Waals surface area contributed by atoms with Crippen LogP contribution in [0.1, 0.15) is 35.4 Å². The van der Waals surface area contributed by atoms with E-state index in [-0.39, 0.29) is 23.5 Å². The summed E-state index contributed by atoms with van der Waals surface area (Å²) in [6, 6.07) is 11.7. The second-order valence-corrected chi connectivity index (χ2v) is 5.86. The Balaban J connectivity index is 1.74. The number of nitriles is 1. The van der Waals surface area contributed by atoms with Crippen LogP contribution in [0.15, 0.2) is 62.5 Å². The number of amidine groups is 1. The van der Waals surface area contributed by atoms with Crippen molar-refractivity contribution >= 4 is 17.4 Å². The molecule has 26 heavy (non-hydrogen) atoms. The average Bonchev–Trinajstić information content (AvgIpc) is 3.22. The van der Waals surface area contributed by atoms with Gasteiger partial charge in [0.05, 0.1) is 29.6 Å². The number of carbonyl (C=O) groups excluding carboxylic acids is 1. The van der Waals surface area contributed by atoms with Crippen LogP contribution in [0.4, 0.5) is 5.69 Å². The second-order valence-electron chi connectivity index (χ2n) is 5.86. The van der Waals surface area contributed by atoms with Gasteiger partial charge in [0.15, 0.2) is 5.76 Å². The summed E-state index contributed by atoms with van der Waals surface area (Å²) < 4.78 is 5.20. The summed E-state index contributed by atoms with van der Waals surface area (Å²) in [5.41, 5.74) is 7.06. The number of nitrogens with two attached hydrogens (primary N) is 1. The third-order valence-electron chi connectivity index (χ3n) is 4.13. The van der Waals surface area contributed by atoms with Crippen molar-refractivity contribution in [3.05, 3.63) is 54.0 Å². The molecule has 1 aliphatic rings. The maximum Gasteiger partial charge on any atom is 0.290 e. The standard InChI is InChI=1S/C18H18N6O2/c19-12-13-5-3-6-14(11-13)21-23-22-17(20)15-7-1-2-9-24(15)18(25)16-8-4-10-26-16/h3-6,8,10-11,15H,1-2,7,9H2,(H2,20,21,22). The highest BCUT2D eigenvalue weighted by molar-refractivity contribution is 5.96. The quantitative estimate of drug-likeness (QED) is 0.394. The molecule has 2 heterocycles. The van der Waals surface area contributed by atoms with Crippen LogP contribution in [0.5, 0.6) is 0 Å². The second kappa shape index (κ2) is 8.07. The van der Waals surface area contributed by atoms with Gasteiger partial charge >= 0.3 is 0 Å². The van der Waals surface area contributed by atoms with Gasteiger partial charge in [0.2, 0.25) is 0 Å². The first-order chi connectivity index (χ1) is 12.7. The van der Waals surface area contributed by atoms with Crippen LogP contribution in [-0.4, -0.2) is 29.2 Å². The summed E-state index contributed by atoms with van der Waals surface area (Å²) in [5.74, 6) is 0.293. The number of carbonyl (C=O) groups is 1. The molecular formula is C18H18N6O2. The van der Waals surface area contributed by atoms with Crippen molar-refractivity contribution in [3.8, 4) is 6.07 Å². The lowest BCUT2D eigenvalue weighted by molar-refractivity contribution is 0.0646. The van der Waals surface area contributed by atoms with Crippen LogP contribution in [0.3, 0.4) is 0 Å². The molecule has 1 aliphatic heterocycles. The fourth-order valence-electron chi connectivity index (χ4n) is 2.85. The maximum absolute atomic E-state index is 12.6. The molecule has 1 aromatic carbocycles. The van der Waals surface area contributed by atoms with E-state index in [1.165, 1.54) is 6.26 Å². The van der Waals surface area contributed by atoms with E-state index in [1.54, 1.807) is 41.3 Å². The molecule has 1 amide bonds. The molecular weight excluding hydrogens is 332 g/mol. The number of hydrogen-bond donors (Lipinski definition) is 1. The fourth-order valence-corrected chi connectivity index (χ4v) is 2.85. The zero-order valence-corrected chi connectivity index (χ0v) is 14.1. The summed E-state index contributed by atoms with van der Waals surface area (Å²) in [6.45, 7) is 0.585. The first-order valence-electron chi connectivity index (χ1n) is 8.28. The zero-order valence-electron chi connectivity index (χ0n) is 14.1. The zero-order chi connectivity index (χ0) is 18.4. The molecule has 1 saturated heterocycles. The Hall–Kier alpha value is -3.47. The summed E-state index contributed by atoms with van der Waals surface area (Å²) in [7, 11) is 0. The van der Waals surface area contributed by atoms with E-state index in [0.717, 1.165) is 12.8 Å². The van der Waals surface area contributed by atoms with E-state index in [2.05, 4.69) is 15.4 Å². The van der Waals surface area contributed by atoms with Gasteiger partial charge in [-0.15, -0.1) is 10.2 Å². The molecule has 0 radical (unpaired) electrons. The van der Waals surface area contributed by atoms with Gasteiger partial charge in [-0.3, -0.25) is 4.79 Å². The Morgan fingerprint density at radius 2 is 2.19 bits per heavy atom. The lowest BCUT2D eigenvalue weighted by Gasteiger charge is -2.34. The van der Waals surface area contributed by atoms with Crippen molar-refractivity contribution in [1.82, 2.24) is 4.90 Å². The molecule has 1 fully saturated rings. The number of nitrogens with zero attached hydrogens (tertiary/aromatic N) is 5. The van der Waals surface area contributed by atoms with Crippen molar-refractivity contribution < 1.29 is 9.21 Å². The molecule has 8 nitrogen and oxygen atoms in total. The van der Waals surface area contributed by atoms with Gasteiger partial charge in [0.1, 0.15) is 5.84 Å². The molecule has 2 N–H and O–H groups in total. The number of piperidine rings is 1. The lowest BCUT2D eigenvalue weighted by atomic mass is 10.0. The summed E-state index contributed by atoms with van der Waals surface area (Å²) in [4.78, 5) is 14.2. The summed E-state index contributed by atoms with van der Waals surface area (Å²) in [5, 5.41) is 20.6. The van der Waals surface area contributed by atoms with E-state index in [1.807, 2.05) is 6.07 Å². The van der Waals surface area contributed by atoms with Gasteiger partial charge in [0.25, 0.3) is 5.91 Å². The van der Waals surface area contributed by atoms with Gasteiger partial charge in [-0.25, -0.2) is 0 Å². The number of benzene rings is 1. The predicted molar refractivity (Wildman–Crippen MR) is 94.7 cm³/mol. The van der Waals surface area contributed by atoms with E-state index in [9.17, 15) is 4.79 Å². The highest BCUT2D eigenvalue weighted by Gasteiger charge is 2.31. The van der Waals surface area contributed by atoms with Crippen molar-refractivity contribution in [3.63, 3.8) is 0 Å². The number of rotatable bonds is 4. The molecule has 2 aromatic rings. The Kier molecular flexibility index (Phi) is 5.39. The average molecular weight is 350 g/mol. The van der Waals surface area contributed by atoms with Gasteiger partial charge < -0.3 is 15.1 Å². The predicted octanol–water partition coefficient (Wildman–Crippen LogP) is 3.20. The molecule has 0 aliphatic carbocycles. The van der Waals surface area contributed by atoms with Crippen LogP contribution in [-0.2, 0) is 0 Å². The van der Waals surface area contributed by atoms with E-state index in [0.29, 0.717) is 24.2 Å². The molecule has 0 spiro atoms. The van der Waals surface area contributed by atoms with Crippen molar-refractivity contribution in [2.45, 2.75) is 25.3 Å². The van der Waals surface area contributed by atoms with Crippen LogP contribution in [0, 0.1) is 11.3 Å². The molecule has 0 bridgehead atoms. The molecule has 1 atom stereocenters. The van der Waals surface area contributed by atoms with Crippen LogP contribution in [0.25, 0.3) is 0 Å². The van der Waals surface area contributed by atoms with Crippen LogP contribution < -0.4 is 5.73 Å². The van der Waals surface area contributed by atoms with E-state index >= 15 is 0 Å². The topological polar surface area (TPSA) is 120 Å². The third-order valence-corrected chi connectivity index (χ3v) is 4.13. The molecule has 1 unspecified atom stereocenters. The first kappa shape index (κ1) is 17.4. The highest BCUT2D eigenvalue weighted by atomic mass is 16.3. The van der Waals surface area contributed by atoms with E-state index < -0.39 is 0 Å². The largest absolute Gasteiger partial charge is 0.459 e. The number of furan rings is 1. The van der Waals surface area contributed by atoms with Gasteiger partial charge in [-0.05, 0) is 54.8 Å². The normalized spacial score (nSPS) is 18.0. The molecule has 0 saturated carbocycles. The van der Waals surface area contributed by atoms with E-state index in [4.69, 9.17) is 15.4 Å². The number of likely N-dealkylation sites (tertiary alicyclic amines) is 1. The number of amides is 1. The van der Waals surface area contributed by atoms with Crippen LogP contribution >= 0.6 is 0 Å². The minimum absolute atomic E-state index is 0.212. The van der Waals surface area contributed by atoms with Crippen molar-refractivity contribution in [2.75, 3.05) is 6.54 Å². The Labute approximate surface area is 150 Å². The maximum atomic E-state index is 12.6. The summed E-state index contributed by atoms with van der Waals surface area (Å²) >= 11 is 0. The monoisotopic (exact) mass is 350 g/mol. The van der Waals surface area contributed by atoms with Crippen molar-refractivity contribution in [2.24, 2.45) is 21.2 Å². The molecule has 3 rings (SSSR count). The Morgan fingerprint density at radius 1 is 1.31 bits per heavy atom. The SMILES string of the molecule is N#Cc1cccc(N=NN=C(N)C2CCCCN2C(=O)c2ccco2)c1. The minimum atomic E-state index is -0.342. The minimum Gasteiger partial charge on any atom is -0.459 e. The van der Waals surface area contributed by atoms with Gasteiger partial charge in [-0.1, -0.05) is 6.07 Å². The lowest BCUT2D eigenvalue weighted by Crippen LogP contribution is -2.50. The molecule has 132 valence electrons. The smallest absolute Gasteiger partial charge is 0.290 e. The molecule has 8 heteroatoms. The first-order valence-corrected chi connectivity index (χ1v) is 8.28. The Morgan fingerprint density at radius 3 is 2.96 bits per heavy atom. The van der Waals surface area contributed by atoms with Gasteiger partial charge in [0, 0.05) is 6.54 Å².